The summed E-state index contributed by atoms with van der Waals surface area (Å²) in [4.78, 5) is 25.0. The van der Waals surface area contributed by atoms with Crippen molar-refractivity contribution in [3.63, 3.8) is 0 Å². The van der Waals surface area contributed by atoms with Gasteiger partial charge in [0.25, 0.3) is 0 Å². The van der Waals surface area contributed by atoms with Gasteiger partial charge in [-0.3, -0.25) is 9.59 Å². The lowest BCUT2D eigenvalue weighted by Gasteiger charge is -2.11. The summed E-state index contributed by atoms with van der Waals surface area (Å²) in [7, 11) is 3.40. The van der Waals surface area contributed by atoms with E-state index in [1.165, 1.54) is 0 Å². The topological polar surface area (TPSA) is 58.6 Å². The molecule has 0 bridgehead atoms. The van der Waals surface area contributed by atoms with Crippen LogP contribution < -0.4 is 10.1 Å². The Bertz CT molecular complexity index is 502. The van der Waals surface area contributed by atoms with Crippen LogP contribution in [0, 0.1) is 5.92 Å². The van der Waals surface area contributed by atoms with Crippen molar-refractivity contribution < 1.29 is 14.3 Å². The standard InChI is InChI=1S/C15H20N2O3/c1-17-10-12(8-15(17)19)9-16-14(18)7-11-4-3-5-13(6-11)20-2/h3-6,12H,7-10H2,1-2H3,(H,16,18). The molecule has 0 aromatic heterocycles. The Labute approximate surface area is 118 Å². The Balaban J connectivity index is 1.79. The second-order valence-electron chi connectivity index (χ2n) is 5.18. The molecule has 2 rings (SSSR count). The number of hydrogen-bond acceptors (Lipinski definition) is 3. The Morgan fingerprint density at radius 1 is 1.50 bits per heavy atom. The van der Waals surface area contributed by atoms with Crippen LogP contribution in [0.4, 0.5) is 0 Å². The fraction of sp³-hybridized carbons (Fsp3) is 0.467. The molecular weight excluding hydrogens is 256 g/mol. The van der Waals surface area contributed by atoms with Gasteiger partial charge in [-0.1, -0.05) is 12.1 Å². The molecule has 0 saturated carbocycles. The molecule has 0 spiro atoms. The molecule has 1 N–H and O–H groups in total. The van der Waals surface area contributed by atoms with E-state index in [2.05, 4.69) is 5.32 Å². The highest BCUT2D eigenvalue weighted by atomic mass is 16.5. The summed E-state index contributed by atoms with van der Waals surface area (Å²) in [6, 6.07) is 7.47. The number of nitrogens with one attached hydrogen (secondary N) is 1. The van der Waals surface area contributed by atoms with Gasteiger partial charge in [0.15, 0.2) is 0 Å². The summed E-state index contributed by atoms with van der Waals surface area (Å²) in [6.07, 6.45) is 0.851. The molecule has 1 aromatic carbocycles. The third-order valence-electron chi connectivity index (χ3n) is 3.51. The van der Waals surface area contributed by atoms with Gasteiger partial charge >= 0.3 is 0 Å². The van der Waals surface area contributed by atoms with Crippen molar-refractivity contribution >= 4 is 11.8 Å². The number of carbonyl (C=O) groups is 2. The maximum atomic E-state index is 11.9. The van der Waals surface area contributed by atoms with Crippen LogP contribution in [0.5, 0.6) is 5.75 Å². The zero-order chi connectivity index (χ0) is 14.5. The van der Waals surface area contributed by atoms with Gasteiger partial charge in [0.2, 0.25) is 11.8 Å². The molecule has 2 amide bonds. The largest absolute Gasteiger partial charge is 0.497 e. The lowest BCUT2D eigenvalue weighted by Crippen LogP contribution is -2.31. The molecule has 20 heavy (non-hydrogen) atoms. The fourth-order valence-corrected chi connectivity index (χ4v) is 2.38. The van der Waals surface area contributed by atoms with Gasteiger partial charge in [0, 0.05) is 32.5 Å². The van der Waals surface area contributed by atoms with Gasteiger partial charge in [0.1, 0.15) is 5.75 Å². The molecule has 1 aliphatic heterocycles. The predicted octanol–water partition coefficient (Wildman–Crippen LogP) is 0.832. The average molecular weight is 276 g/mol. The number of methoxy groups -OCH3 is 1. The van der Waals surface area contributed by atoms with Crippen LogP contribution in [0.2, 0.25) is 0 Å². The van der Waals surface area contributed by atoms with Crippen LogP contribution in [-0.4, -0.2) is 44.0 Å². The van der Waals surface area contributed by atoms with Gasteiger partial charge in [-0.15, -0.1) is 0 Å². The lowest BCUT2D eigenvalue weighted by molar-refractivity contribution is -0.126. The molecular formula is C15H20N2O3. The fourth-order valence-electron chi connectivity index (χ4n) is 2.38. The van der Waals surface area contributed by atoms with E-state index >= 15 is 0 Å². The van der Waals surface area contributed by atoms with Gasteiger partial charge in [-0.25, -0.2) is 0 Å². The Morgan fingerprint density at radius 2 is 2.30 bits per heavy atom. The monoisotopic (exact) mass is 276 g/mol. The minimum atomic E-state index is -0.0275. The molecule has 1 heterocycles. The summed E-state index contributed by atoms with van der Waals surface area (Å²) >= 11 is 0. The van der Waals surface area contributed by atoms with E-state index < -0.39 is 0 Å². The van der Waals surface area contributed by atoms with E-state index in [0.717, 1.165) is 17.9 Å². The van der Waals surface area contributed by atoms with Crippen molar-refractivity contribution in [3.05, 3.63) is 29.8 Å². The molecule has 1 unspecified atom stereocenters. The van der Waals surface area contributed by atoms with Gasteiger partial charge in [-0.05, 0) is 17.7 Å². The summed E-state index contributed by atoms with van der Waals surface area (Å²) in [5, 5.41) is 2.89. The zero-order valence-corrected chi connectivity index (χ0v) is 11.9. The van der Waals surface area contributed by atoms with Crippen LogP contribution in [0.25, 0.3) is 0 Å². The molecule has 1 aliphatic rings. The Morgan fingerprint density at radius 3 is 2.95 bits per heavy atom. The molecule has 0 aliphatic carbocycles. The molecule has 1 fully saturated rings. The second-order valence-corrected chi connectivity index (χ2v) is 5.18. The molecule has 1 aromatic rings. The van der Waals surface area contributed by atoms with Gasteiger partial charge in [-0.2, -0.15) is 0 Å². The van der Waals surface area contributed by atoms with Crippen LogP contribution in [0.15, 0.2) is 24.3 Å². The van der Waals surface area contributed by atoms with Crippen molar-refractivity contribution in [1.29, 1.82) is 0 Å². The molecule has 5 nitrogen and oxygen atoms in total. The smallest absolute Gasteiger partial charge is 0.224 e. The van der Waals surface area contributed by atoms with E-state index in [0.29, 0.717) is 19.4 Å². The highest BCUT2D eigenvalue weighted by Gasteiger charge is 2.26. The van der Waals surface area contributed by atoms with Crippen molar-refractivity contribution in [1.82, 2.24) is 10.2 Å². The van der Waals surface area contributed by atoms with Crippen molar-refractivity contribution in [2.24, 2.45) is 5.92 Å². The number of ether oxygens (including phenoxy) is 1. The SMILES string of the molecule is COc1cccc(CC(=O)NCC2CC(=O)N(C)C2)c1. The highest BCUT2D eigenvalue weighted by Crippen LogP contribution is 2.15. The van der Waals surface area contributed by atoms with Crippen molar-refractivity contribution in [2.75, 3.05) is 27.2 Å². The van der Waals surface area contributed by atoms with Crippen molar-refractivity contribution in [2.45, 2.75) is 12.8 Å². The molecule has 1 saturated heterocycles. The third kappa shape index (κ3) is 3.73. The highest BCUT2D eigenvalue weighted by molar-refractivity contribution is 5.80. The van der Waals surface area contributed by atoms with E-state index in [1.54, 1.807) is 19.1 Å². The first-order chi connectivity index (χ1) is 9.58. The second kappa shape index (κ2) is 6.41. The summed E-state index contributed by atoms with van der Waals surface area (Å²) < 4.78 is 5.13. The van der Waals surface area contributed by atoms with E-state index in [1.807, 2.05) is 24.3 Å². The first-order valence-corrected chi connectivity index (χ1v) is 6.72. The number of likely N-dealkylation sites (tertiary alicyclic amines) is 1. The van der Waals surface area contributed by atoms with E-state index in [4.69, 9.17) is 4.74 Å². The average Bonchev–Trinajstić information content (AvgIpc) is 2.76. The van der Waals surface area contributed by atoms with E-state index in [-0.39, 0.29) is 17.7 Å². The lowest BCUT2D eigenvalue weighted by atomic mass is 10.1. The maximum absolute atomic E-state index is 11.9. The van der Waals surface area contributed by atoms with E-state index in [9.17, 15) is 9.59 Å². The minimum absolute atomic E-state index is 0.0275. The third-order valence-corrected chi connectivity index (χ3v) is 3.51. The molecule has 108 valence electrons. The van der Waals surface area contributed by atoms with Gasteiger partial charge in [0.05, 0.1) is 13.5 Å². The summed E-state index contributed by atoms with van der Waals surface area (Å²) in [6.45, 7) is 1.27. The number of hydrogen-bond donors (Lipinski definition) is 1. The quantitative estimate of drug-likeness (QED) is 0.866. The van der Waals surface area contributed by atoms with Crippen molar-refractivity contribution in [3.8, 4) is 5.75 Å². The van der Waals surface area contributed by atoms with Crippen LogP contribution in [-0.2, 0) is 16.0 Å². The number of benzene rings is 1. The normalized spacial score (nSPS) is 18.2. The molecule has 1 atom stereocenters. The number of carbonyl (C=O) groups excluding carboxylic acids is 2. The first-order valence-electron chi connectivity index (χ1n) is 6.72. The predicted molar refractivity (Wildman–Crippen MR) is 75.5 cm³/mol. The number of rotatable bonds is 5. The minimum Gasteiger partial charge on any atom is -0.497 e. The number of amides is 2. The Kier molecular flexibility index (Phi) is 4.61. The van der Waals surface area contributed by atoms with Crippen LogP contribution in [0.3, 0.4) is 0 Å². The maximum Gasteiger partial charge on any atom is 0.224 e. The Hall–Kier alpha value is -2.04. The van der Waals surface area contributed by atoms with Crippen LogP contribution >= 0.6 is 0 Å². The van der Waals surface area contributed by atoms with Crippen LogP contribution in [0.1, 0.15) is 12.0 Å². The molecule has 5 heteroatoms. The summed E-state index contributed by atoms with van der Waals surface area (Å²) in [5.74, 6) is 1.09. The number of nitrogens with zero attached hydrogens (tertiary/aromatic N) is 1. The molecule has 0 radical (unpaired) electrons. The summed E-state index contributed by atoms with van der Waals surface area (Å²) in [5.41, 5.74) is 0.918. The first kappa shape index (κ1) is 14.4. The zero-order valence-electron chi connectivity index (χ0n) is 11.9. The van der Waals surface area contributed by atoms with Gasteiger partial charge < -0.3 is 15.0 Å².